The van der Waals surface area contributed by atoms with E-state index in [2.05, 4.69) is 20.1 Å². The zero-order valence-electron chi connectivity index (χ0n) is 12.3. The lowest BCUT2D eigenvalue weighted by Gasteiger charge is -2.51. The van der Waals surface area contributed by atoms with Crippen LogP contribution in [-0.2, 0) is 20.7 Å². The van der Waals surface area contributed by atoms with Gasteiger partial charge in [0, 0.05) is 18.4 Å². The smallest absolute Gasteiger partial charge is 0.267 e. The monoisotopic (exact) mass is 310 g/mol. The Morgan fingerprint density at radius 2 is 2.14 bits per heavy atom. The van der Waals surface area contributed by atoms with E-state index in [1.54, 1.807) is 6.20 Å². The molecule has 3 aliphatic rings. The number of aromatic nitrogens is 1. The number of hydrogen-bond acceptors (Lipinski definition) is 5. The van der Waals surface area contributed by atoms with Crippen LogP contribution < -0.4 is 0 Å². The van der Waals surface area contributed by atoms with E-state index in [0.29, 0.717) is 5.92 Å². The minimum Gasteiger partial charge on any atom is -0.300 e. The van der Waals surface area contributed by atoms with Crippen LogP contribution in [0.3, 0.4) is 0 Å². The van der Waals surface area contributed by atoms with Crippen LogP contribution >= 0.6 is 0 Å². The summed E-state index contributed by atoms with van der Waals surface area (Å²) in [7, 11) is -2.15. The second-order valence-electron chi connectivity index (χ2n) is 6.06. The number of hydrogen-bond donors (Lipinski definition) is 0. The van der Waals surface area contributed by atoms with Crippen molar-refractivity contribution in [3.8, 4) is 0 Å². The van der Waals surface area contributed by atoms with Crippen LogP contribution in [0.15, 0.2) is 24.5 Å². The summed E-state index contributed by atoms with van der Waals surface area (Å²) in [5.74, 6) is 0.800. The normalized spacial score (nSPS) is 32.2. The van der Waals surface area contributed by atoms with E-state index in [1.807, 2.05) is 12.3 Å². The Morgan fingerprint density at radius 1 is 1.38 bits per heavy atom. The molecular weight excluding hydrogens is 288 g/mol. The minimum absolute atomic E-state index is 0.135. The lowest BCUT2D eigenvalue weighted by Crippen LogP contribution is -2.57. The van der Waals surface area contributed by atoms with Crippen molar-refractivity contribution >= 4 is 10.1 Å². The van der Waals surface area contributed by atoms with Gasteiger partial charge in [0.15, 0.2) is 0 Å². The standard InChI is InChI=1S/C15H22N2O3S/c1-20-21(18,19)11-14-13-4-7-17(8-5-13)15(14)9-12-3-2-6-16-10-12/h2-3,6,10,13-15H,4-5,7-9,11H2,1H3. The maximum Gasteiger partial charge on any atom is 0.267 e. The highest BCUT2D eigenvalue weighted by Gasteiger charge is 2.43. The Balaban J connectivity index is 1.81. The van der Waals surface area contributed by atoms with Gasteiger partial charge in [0.2, 0.25) is 0 Å². The molecule has 2 bridgehead atoms. The predicted octanol–water partition coefficient (Wildman–Crippen LogP) is 1.31. The van der Waals surface area contributed by atoms with Crippen molar-refractivity contribution < 1.29 is 12.6 Å². The molecule has 0 aliphatic carbocycles. The number of piperidine rings is 3. The number of pyridine rings is 1. The van der Waals surface area contributed by atoms with Gasteiger partial charge in [-0.15, -0.1) is 0 Å². The van der Waals surface area contributed by atoms with Gasteiger partial charge in [0.1, 0.15) is 0 Å². The first-order chi connectivity index (χ1) is 10.1. The molecule has 0 N–H and O–H groups in total. The lowest BCUT2D eigenvalue weighted by molar-refractivity contribution is -0.000386. The van der Waals surface area contributed by atoms with E-state index in [4.69, 9.17) is 0 Å². The molecule has 1 aromatic rings. The quantitative estimate of drug-likeness (QED) is 0.768. The van der Waals surface area contributed by atoms with Crippen molar-refractivity contribution in [1.82, 2.24) is 9.88 Å². The van der Waals surface area contributed by atoms with Crippen LogP contribution in [0.1, 0.15) is 18.4 Å². The van der Waals surface area contributed by atoms with E-state index < -0.39 is 10.1 Å². The first-order valence-corrected chi connectivity index (χ1v) is 9.08. The Morgan fingerprint density at radius 3 is 2.76 bits per heavy atom. The summed E-state index contributed by atoms with van der Waals surface area (Å²) in [5, 5.41) is 0. The molecule has 3 fully saturated rings. The van der Waals surface area contributed by atoms with Crippen molar-refractivity contribution in [2.24, 2.45) is 11.8 Å². The van der Waals surface area contributed by atoms with Crippen molar-refractivity contribution in [3.05, 3.63) is 30.1 Å². The molecule has 4 rings (SSSR count). The van der Waals surface area contributed by atoms with Gasteiger partial charge in [-0.05, 0) is 55.8 Å². The molecule has 116 valence electrons. The van der Waals surface area contributed by atoms with Gasteiger partial charge in [0.25, 0.3) is 10.1 Å². The average molecular weight is 310 g/mol. The minimum atomic E-state index is -3.41. The summed E-state index contributed by atoms with van der Waals surface area (Å²) in [6.45, 7) is 2.16. The first kappa shape index (κ1) is 14.9. The third-order valence-corrected chi connectivity index (χ3v) is 6.26. The van der Waals surface area contributed by atoms with Gasteiger partial charge in [-0.25, -0.2) is 0 Å². The van der Waals surface area contributed by atoms with E-state index in [0.717, 1.165) is 32.4 Å². The average Bonchev–Trinajstić information content (AvgIpc) is 2.51. The predicted molar refractivity (Wildman–Crippen MR) is 80.3 cm³/mol. The van der Waals surface area contributed by atoms with Gasteiger partial charge in [-0.3, -0.25) is 14.1 Å². The van der Waals surface area contributed by atoms with E-state index >= 15 is 0 Å². The topological polar surface area (TPSA) is 59.5 Å². The summed E-state index contributed by atoms with van der Waals surface area (Å²) in [5.41, 5.74) is 1.18. The number of rotatable bonds is 5. The van der Waals surface area contributed by atoms with Gasteiger partial charge in [-0.2, -0.15) is 8.42 Å². The molecule has 2 atom stereocenters. The Bertz CT molecular complexity index is 568. The summed E-state index contributed by atoms with van der Waals surface area (Å²) >= 11 is 0. The van der Waals surface area contributed by atoms with Crippen LogP contribution in [0.5, 0.6) is 0 Å². The molecule has 0 amide bonds. The maximum atomic E-state index is 11.9. The molecule has 6 heteroatoms. The Kier molecular flexibility index (Phi) is 4.28. The van der Waals surface area contributed by atoms with Gasteiger partial charge >= 0.3 is 0 Å². The summed E-state index contributed by atoms with van der Waals surface area (Å²) in [4.78, 5) is 6.61. The SMILES string of the molecule is COS(=O)(=O)CC1C2CCN(CC2)C1Cc1cccnc1. The summed E-state index contributed by atoms with van der Waals surface area (Å²) in [6.07, 6.45) is 6.73. The van der Waals surface area contributed by atoms with Crippen LogP contribution in [-0.4, -0.2) is 50.3 Å². The molecular formula is C15H22N2O3S. The van der Waals surface area contributed by atoms with Crippen LogP contribution in [0.25, 0.3) is 0 Å². The van der Waals surface area contributed by atoms with Crippen LogP contribution in [0.4, 0.5) is 0 Å². The fourth-order valence-electron chi connectivity index (χ4n) is 3.86. The summed E-state index contributed by atoms with van der Waals surface area (Å²) < 4.78 is 28.5. The molecule has 3 saturated heterocycles. The van der Waals surface area contributed by atoms with Crippen LogP contribution in [0, 0.1) is 11.8 Å². The Hall–Kier alpha value is -0.980. The number of nitrogens with zero attached hydrogens (tertiary/aromatic N) is 2. The molecule has 0 aromatic carbocycles. The van der Waals surface area contributed by atoms with Crippen molar-refractivity contribution in [2.75, 3.05) is 26.0 Å². The molecule has 0 spiro atoms. The zero-order chi connectivity index (χ0) is 14.9. The van der Waals surface area contributed by atoms with E-state index in [-0.39, 0.29) is 17.7 Å². The fourth-order valence-corrected chi connectivity index (χ4v) is 4.96. The fraction of sp³-hybridized carbons (Fsp3) is 0.667. The third kappa shape index (κ3) is 3.27. The number of fused-ring (bicyclic) bond motifs is 3. The van der Waals surface area contributed by atoms with Crippen LogP contribution in [0.2, 0.25) is 0 Å². The Labute approximate surface area is 126 Å². The molecule has 0 radical (unpaired) electrons. The molecule has 4 heterocycles. The second kappa shape index (κ2) is 6.02. The molecule has 2 unspecified atom stereocenters. The zero-order valence-corrected chi connectivity index (χ0v) is 13.1. The highest BCUT2D eigenvalue weighted by atomic mass is 32.2. The largest absolute Gasteiger partial charge is 0.300 e. The molecule has 21 heavy (non-hydrogen) atoms. The molecule has 5 nitrogen and oxygen atoms in total. The van der Waals surface area contributed by atoms with Crippen molar-refractivity contribution in [2.45, 2.75) is 25.3 Å². The van der Waals surface area contributed by atoms with Crippen molar-refractivity contribution in [3.63, 3.8) is 0 Å². The second-order valence-corrected chi connectivity index (χ2v) is 7.84. The van der Waals surface area contributed by atoms with Gasteiger partial charge in [-0.1, -0.05) is 6.07 Å². The van der Waals surface area contributed by atoms with E-state index in [1.165, 1.54) is 12.7 Å². The summed E-state index contributed by atoms with van der Waals surface area (Å²) in [6, 6.07) is 4.29. The third-order valence-electron chi connectivity index (χ3n) is 4.96. The van der Waals surface area contributed by atoms with E-state index in [9.17, 15) is 8.42 Å². The highest BCUT2D eigenvalue weighted by Crippen LogP contribution is 2.39. The first-order valence-electron chi connectivity index (χ1n) is 7.50. The highest BCUT2D eigenvalue weighted by molar-refractivity contribution is 7.86. The maximum absolute atomic E-state index is 11.9. The molecule has 1 aromatic heterocycles. The lowest BCUT2D eigenvalue weighted by atomic mass is 9.73. The molecule has 0 saturated carbocycles. The van der Waals surface area contributed by atoms with Gasteiger partial charge < -0.3 is 0 Å². The van der Waals surface area contributed by atoms with Gasteiger partial charge in [0.05, 0.1) is 12.9 Å². The molecule has 3 aliphatic heterocycles. The van der Waals surface area contributed by atoms with Crippen molar-refractivity contribution in [1.29, 1.82) is 0 Å².